The first kappa shape index (κ1) is 13.6. The Balaban J connectivity index is 2.28. The van der Waals surface area contributed by atoms with Crippen LogP contribution in [0.2, 0.25) is 10.0 Å². The maximum atomic E-state index is 12.1. The van der Waals surface area contributed by atoms with Crippen molar-refractivity contribution < 1.29 is 4.79 Å². The van der Waals surface area contributed by atoms with Crippen molar-refractivity contribution in [2.45, 2.75) is 6.92 Å². The van der Waals surface area contributed by atoms with Gasteiger partial charge in [-0.15, -0.1) is 0 Å². The number of nitrogens with one attached hydrogen (secondary N) is 1. The molecule has 19 heavy (non-hydrogen) atoms. The molecule has 3 N–H and O–H groups in total. The summed E-state index contributed by atoms with van der Waals surface area (Å²) in [6, 6.07) is 4.68. The van der Waals surface area contributed by atoms with E-state index in [0.717, 1.165) is 5.56 Å². The predicted molar refractivity (Wildman–Crippen MR) is 77.8 cm³/mol. The molecule has 0 unspecified atom stereocenters. The fourth-order valence-electron chi connectivity index (χ4n) is 1.55. The van der Waals surface area contributed by atoms with Gasteiger partial charge in [0.25, 0.3) is 5.91 Å². The van der Waals surface area contributed by atoms with Gasteiger partial charge in [-0.1, -0.05) is 23.2 Å². The zero-order valence-corrected chi connectivity index (χ0v) is 11.6. The molecule has 1 aromatic carbocycles. The molecule has 0 aliphatic rings. The third kappa shape index (κ3) is 2.97. The van der Waals surface area contributed by atoms with Crippen molar-refractivity contribution in [2.75, 3.05) is 11.1 Å². The fraction of sp³-hybridized carbons (Fsp3) is 0.0769. The lowest BCUT2D eigenvalue weighted by Crippen LogP contribution is -2.13. The minimum atomic E-state index is -0.306. The van der Waals surface area contributed by atoms with Gasteiger partial charge in [0.2, 0.25) is 0 Å². The van der Waals surface area contributed by atoms with Crippen LogP contribution in [0.15, 0.2) is 30.6 Å². The van der Waals surface area contributed by atoms with E-state index in [4.69, 9.17) is 28.9 Å². The Morgan fingerprint density at radius 2 is 2.11 bits per heavy atom. The number of nitrogens with zero attached hydrogens (tertiary/aromatic N) is 1. The van der Waals surface area contributed by atoms with Gasteiger partial charge < -0.3 is 11.1 Å². The summed E-state index contributed by atoms with van der Waals surface area (Å²) in [5, 5.41) is 3.26. The van der Waals surface area contributed by atoms with Crippen molar-refractivity contribution in [3.63, 3.8) is 0 Å². The summed E-state index contributed by atoms with van der Waals surface area (Å²) in [6.07, 6.45) is 3.27. The van der Waals surface area contributed by atoms with Gasteiger partial charge in [-0.25, -0.2) is 0 Å². The molecule has 0 bridgehead atoms. The Bertz CT molecular complexity index is 621. The van der Waals surface area contributed by atoms with Crippen LogP contribution in [0.1, 0.15) is 15.9 Å². The number of nitrogen functional groups attached to an aromatic ring is 1. The van der Waals surface area contributed by atoms with Crippen LogP contribution < -0.4 is 11.1 Å². The van der Waals surface area contributed by atoms with E-state index in [-0.39, 0.29) is 21.6 Å². The molecule has 0 saturated heterocycles. The lowest BCUT2D eigenvalue weighted by molar-refractivity contribution is 0.102. The molecule has 0 fully saturated rings. The molecular weight excluding hydrogens is 285 g/mol. The molecule has 0 spiro atoms. The zero-order chi connectivity index (χ0) is 14.0. The number of nitrogens with two attached hydrogens (primary N) is 1. The highest BCUT2D eigenvalue weighted by Gasteiger charge is 2.12. The highest BCUT2D eigenvalue weighted by molar-refractivity contribution is 6.44. The number of carbonyl (C=O) groups excluding carboxylic acids is 1. The fourth-order valence-corrected chi connectivity index (χ4v) is 1.89. The lowest BCUT2D eigenvalue weighted by atomic mass is 10.1. The summed E-state index contributed by atoms with van der Waals surface area (Å²) in [5.74, 6) is -0.306. The van der Waals surface area contributed by atoms with Crippen LogP contribution >= 0.6 is 23.2 Å². The van der Waals surface area contributed by atoms with Crippen molar-refractivity contribution in [3.05, 3.63) is 51.8 Å². The summed E-state index contributed by atoms with van der Waals surface area (Å²) in [7, 11) is 0. The van der Waals surface area contributed by atoms with Crippen LogP contribution in [0.3, 0.4) is 0 Å². The second-order valence-corrected chi connectivity index (χ2v) is 4.79. The van der Waals surface area contributed by atoms with Gasteiger partial charge in [0.05, 0.1) is 15.7 Å². The highest BCUT2D eigenvalue weighted by atomic mass is 35.5. The van der Waals surface area contributed by atoms with E-state index in [1.807, 2.05) is 6.92 Å². The Hall–Kier alpha value is -1.78. The van der Waals surface area contributed by atoms with Crippen molar-refractivity contribution in [1.82, 2.24) is 4.98 Å². The summed E-state index contributed by atoms with van der Waals surface area (Å²) in [5.41, 5.74) is 7.85. The standard InChI is InChI=1S/C13H11Cl2N3O/c1-7-6-17-3-2-11(7)18-13(19)8-4-9(14)12(15)10(16)5-8/h2-6H,16H2,1H3,(H,17,18,19). The van der Waals surface area contributed by atoms with Gasteiger partial charge in [-0.2, -0.15) is 0 Å². The van der Waals surface area contributed by atoms with E-state index in [0.29, 0.717) is 11.3 Å². The molecule has 2 rings (SSSR count). The Morgan fingerprint density at radius 1 is 1.37 bits per heavy atom. The van der Waals surface area contributed by atoms with Gasteiger partial charge in [0, 0.05) is 23.6 Å². The van der Waals surface area contributed by atoms with Gasteiger partial charge in [0.1, 0.15) is 0 Å². The Kier molecular flexibility index (Phi) is 3.93. The number of amides is 1. The van der Waals surface area contributed by atoms with E-state index < -0.39 is 0 Å². The second kappa shape index (κ2) is 5.47. The van der Waals surface area contributed by atoms with Gasteiger partial charge in [-0.3, -0.25) is 9.78 Å². The smallest absolute Gasteiger partial charge is 0.255 e. The first-order valence-electron chi connectivity index (χ1n) is 5.45. The number of benzene rings is 1. The van der Waals surface area contributed by atoms with Crippen molar-refractivity contribution in [2.24, 2.45) is 0 Å². The molecule has 4 nitrogen and oxygen atoms in total. The molecule has 0 aliphatic heterocycles. The number of hydrogen-bond donors (Lipinski definition) is 2. The minimum absolute atomic E-state index is 0.248. The summed E-state index contributed by atoms with van der Waals surface area (Å²) in [6.45, 7) is 1.85. The van der Waals surface area contributed by atoms with Gasteiger partial charge >= 0.3 is 0 Å². The van der Waals surface area contributed by atoms with Crippen LogP contribution in [0.5, 0.6) is 0 Å². The maximum Gasteiger partial charge on any atom is 0.255 e. The minimum Gasteiger partial charge on any atom is -0.397 e. The van der Waals surface area contributed by atoms with Gasteiger partial charge in [0.15, 0.2) is 0 Å². The number of anilines is 2. The molecular formula is C13H11Cl2N3O. The van der Waals surface area contributed by atoms with Crippen LogP contribution in [-0.2, 0) is 0 Å². The number of pyridine rings is 1. The first-order valence-corrected chi connectivity index (χ1v) is 6.21. The second-order valence-electron chi connectivity index (χ2n) is 4.01. The highest BCUT2D eigenvalue weighted by Crippen LogP contribution is 2.29. The average molecular weight is 296 g/mol. The normalized spacial score (nSPS) is 10.3. The lowest BCUT2D eigenvalue weighted by Gasteiger charge is -2.09. The van der Waals surface area contributed by atoms with Crippen LogP contribution in [-0.4, -0.2) is 10.9 Å². The van der Waals surface area contributed by atoms with E-state index >= 15 is 0 Å². The van der Waals surface area contributed by atoms with Crippen molar-refractivity contribution in [3.8, 4) is 0 Å². The van der Waals surface area contributed by atoms with Crippen LogP contribution in [0.25, 0.3) is 0 Å². The summed E-state index contributed by atoms with van der Waals surface area (Å²) >= 11 is 11.7. The maximum absolute atomic E-state index is 12.1. The summed E-state index contributed by atoms with van der Waals surface area (Å²) in [4.78, 5) is 16.0. The predicted octanol–water partition coefficient (Wildman–Crippen LogP) is 3.53. The molecule has 0 atom stereocenters. The molecule has 0 radical (unpaired) electrons. The Labute approximate surface area is 120 Å². The topological polar surface area (TPSA) is 68.0 Å². The third-order valence-corrected chi connectivity index (χ3v) is 3.40. The van der Waals surface area contributed by atoms with Crippen LogP contribution in [0.4, 0.5) is 11.4 Å². The molecule has 1 heterocycles. The molecule has 1 amide bonds. The van der Waals surface area contributed by atoms with E-state index in [1.54, 1.807) is 18.5 Å². The van der Waals surface area contributed by atoms with E-state index in [2.05, 4.69) is 10.3 Å². The SMILES string of the molecule is Cc1cnccc1NC(=O)c1cc(N)c(Cl)c(Cl)c1. The number of rotatable bonds is 2. The molecule has 6 heteroatoms. The van der Waals surface area contributed by atoms with Crippen LogP contribution in [0, 0.1) is 6.92 Å². The number of aryl methyl sites for hydroxylation is 1. The largest absolute Gasteiger partial charge is 0.397 e. The quantitative estimate of drug-likeness (QED) is 0.833. The Morgan fingerprint density at radius 3 is 2.74 bits per heavy atom. The zero-order valence-electron chi connectivity index (χ0n) is 10.1. The number of aromatic nitrogens is 1. The van der Waals surface area contributed by atoms with E-state index in [9.17, 15) is 4.79 Å². The van der Waals surface area contributed by atoms with Gasteiger partial charge in [-0.05, 0) is 30.7 Å². The molecule has 0 aliphatic carbocycles. The average Bonchev–Trinajstić information content (AvgIpc) is 2.38. The monoisotopic (exact) mass is 295 g/mol. The van der Waals surface area contributed by atoms with Crippen molar-refractivity contribution in [1.29, 1.82) is 0 Å². The van der Waals surface area contributed by atoms with Crippen molar-refractivity contribution >= 4 is 40.5 Å². The molecule has 1 aromatic heterocycles. The molecule has 2 aromatic rings. The number of halogens is 2. The van der Waals surface area contributed by atoms with E-state index in [1.165, 1.54) is 12.1 Å². The molecule has 98 valence electrons. The molecule has 0 saturated carbocycles. The third-order valence-electron chi connectivity index (χ3n) is 2.59. The number of hydrogen-bond acceptors (Lipinski definition) is 3. The summed E-state index contributed by atoms with van der Waals surface area (Å²) < 4.78 is 0. The number of carbonyl (C=O) groups is 1. The first-order chi connectivity index (χ1) is 8.99.